The van der Waals surface area contributed by atoms with Crippen LogP contribution < -0.4 is 10.2 Å². The molecule has 0 saturated heterocycles. The predicted octanol–water partition coefficient (Wildman–Crippen LogP) is 3.47. The zero-order valence-electron chi connectivity index (χ0n) is 11.6. The van der Waals surface area contributed by atoms with Crippen LogP contribution in [0.2, 0.25) is 0 Å². The van der Waals surface area contributed by atoms with Crippen molar-refractivity contribution in [2.45, 2.75) is 6.92 Å². The SMILES string of the molecule is Cc1ccc(Br)cc1C(=O)Nc1cccnc1N(C)C. The molecule has 0 bridgehead atoms. The van der Waals surface area contributed by atoms with Gasteiger partial charge in [-0.05, 0) is 36.8 Å². The molecule has 0 radical (unpaired) electrons. The fraction of sp³-hybridized carbons (Fsp3) is 0.200. The van der Waals surface area contributed by atoms with Crippen molar-refractivity contribution >= 4 is 33.3 Å². The molecular formula is C15H16BrN3O. The van der Waals surface area contributed by atoms with Crippen LogP contribution >= 0.6 is 15.9 Å². The van der Waals surface area contributed by atoms with Crippen LogP contribution in [0.25, 0.3) is 0 Å². The van der Waals surface area contributed by atoms with E-state index < -0.39 is 0 Å². The van der Waals surface area contributed by atoms with Crippen LogP contribution in [0.5, 0.6) is 0 Å². The molecule has 0 spiro atoms. The second-order valence-electron chi connectivity index (χ2n) is 4.68. The third-order valence-electron chi connectivity index (χ3n) is 2.90. The summed E-state index contributed by atoms with van der Waals surface area (Å²) in [6.45, 7) is 1.91. The maximum Gasteiger partial charge on any atom is 0.256 e. The Morgan fingerprint density at radius 1 is 1.30 bits per heavy atom. The largest absolute Gasteiger partial charge is 0.361 e. The van der Waals surface area contributed by atoms with Crippen molar-refractivity contribution in [1.82, 2.24) is 4.98 Å². The highest BCUT2D eigenvalue weighted by Crippen LogP contribution is 2.22. The zero-order chi connectivity index (χ0) is 14.7. The number of benzene rings is 1. The number of amides is 1. The quantitative estimate of drug-likeness (QED) is 0.935. The molecule has 0 aliphatic carbocycles. The van der Waals surface area contributed by atoms with Crippen molar-refractivity contribution < 1.29 is 4.79 Å². The highest BCUT2D eigenvalue weighted by atomic mass is 79.9. The number of halogens is 1. The summed E-state index contributed by atoms with van der Waals surface area (Å²) in [5.41, 5.74) is 2.27. The maximum atomic E-state index is 12.4. The summed E-state index contributed by atoms with van der Waals surface area (Å²) < 4.78 is 0.882. The lowest BCUT2D eigenvalue weighted by Gasteiger charge is -2.16. The van der Waals surface area contributed by atoms with Gasteiger partial charge >= 0.3 is 0 Å². The molecule has 0 fully saturated rings. The molecule has 5 heteroatoms. The normalized spacial score (nSPS) is 10.2. The molecule has 2 aromatic rings. The van der Waals surface area contributed by atoms with Gasteiger partial charge in [0.25, 0.3) is 5.91 Å². The molecule has 104 valence electrons. The number of pyridine rings is 1. The molecule has 1 heterocycles. The minimum absolute atomic E-state index is 0.139. The first kappa shape index (κ1) is 14.5. The number of carbonyl (C=O) groups is 1. The molecule has 20 heavy (non-hydrogen) atoms. The molecule has 0 saturated carbocycles. The number of aromatic nitrogens is 1. The van der Waals surface area contributed by atoms with Gasteiger partial charge in [0.2, 0.25) is 0 Å². The highest BCUT2D eigenvalue weighted by molar-refractivity contribution is 9.10. The Hall–Kier alpha value is -1.88. The lowest BCUT2D eigenvalue weighted by Crippen LogP contribution is -2.18. The van der Waals surface area contributed by atoms with Crippen molar-refractivity contribution in [2.75, 3.05) is 24.3 Å². The molecule has 0 unspecified atom stereocenters. The number of rotatable bonds is 3. The van der Waals surface area contributed by atoms with Crippen LogP contribution in [0.1, 0.15) is 15.9 Å². The molecule has 4 nitrogen and oxygen atoms in total. The van der Waals surface area contributed by atoms with Gasteiger partial charge < -0.3 is 10.2 Å². The van der Waals surface area contributed by atoms with Gasteiger partial charge in [0, 0.05) is 30.3 Å². The second-order valence-corrected chi connectivity index (χ2v) is 5.60. The Bertz CT molecular complexity index is 641. The number of carbonyl (C=O) groups excluding carboxylic acids is 1. The van der Waals surface area contributed by atoms with Crippen molar-refractivity contribution in [3.8, 4) is 0 Å². The van der Waals surface area contributed by atoms with E-state index in [1.54, 1.807) is 12.3 Å². The Labute approximate surface area is 127 Å². The Morgan fingerprint density at radius 3 is 2.75 bits per heavy atom. The van der Waals surface area contributed by atoms with Gasteiger partial charge in [-0.2, -0.15) is 0 Å². The summed E-state index contributed by atoms with van der Waals surface area (Å²) >= 11 is 3.39. The van der Waals surface area contributed by atoms with Gasteiger partial charge in [-0.25, -0.2) is 4.98 Å². The van der Waals surface area contributed by atoms with Crippen LogP contribution in [0.15, 0.2) is 41.0 Å². The predicted molar refractivity (Wildman–Crippen MR) is 85.4 cm³/mol. The number of hydrogen-bond donors (Lipinski definition) is 1. The van der Waals surface area contributed by atoms with Crippen LogP contribution in [0, 0.1) is 6.92 Å². The molecule has 0 aliphatic rings. The summed E-state index contributed by atoms with van der Waals surface area (Å²) in [4.78, 5) is 18.5. The summed E-state index contributed by atoms with van der Waals surface area (Å²) in [7, 11) is 3.78. The first-order chi connectivity index (χ1) is 9.49. The minimum atomic E-state index is -0.139. The van der Waals surface area contributed by atoms with E-state index in [1.807, 2.05) is 50.2 Å². The topological polar surface area (TPSA) is 45.2 Å². The van der Waals surface area contributed by atoms with Crippen molar-refractivity contribution in [3.05, 3.63) is 52.1 Å². The van der Waals surface area contributed by atoms with E-state index in [9.17, 15) is 4.79 Å². The monoisotopic (exact) mass is 333 g/mol. The molecule has 1 amide bonds. The zero-order valence-corrected chi connectivity index (χ0v) is 13.2. The van der Waals surface area contributed by atoms with Crippen molar-refractivity contribution in [2.24, 2.45) is 0 Å². The molecule has 1 aromatic heterocycles. The lowest BCUT2D eigenvalue weighted by atomic mass is 10.1. The standard InChI is InChI=1S/C15H16BrN3O/c1-10-6-7-11(16)9-12(10)15(20)18-13-5-4-8-17-14(13)19(2)3/h4-9H,1-3H3,(H,18,20). The van der Waals surface area contributed by atoms with E-state index >= 15 is 0 Å². The van der Waals surface area contributed by atoms with Crippen molar-refractivity contribution in [3.63, 3.8) is 0 Å². The fourth-order valence-corrected chi connectivity index (χ4v) is 2.24. The van der Waals surface area contributed by atoms with Crippen LogP contribution in [-0.2, 0) is 0 Å². The van der Waals surface area contributed by atoms with E-state index in [-0.39, 0.29) is 5.91 Å². The van der Waals surface area contributed by atoms with Crippen LogP contribution in [0.4, 0.5) is 11.5 Å². The smallest absolute Gasteiger partial charge is 0.256 e. The Morgan fingerprint density at radius 2 is 2.05 bits per heavy atom. The first-order valence-corrected chi connectivity index (χ1v) is 6.98. The number of nitrogens with zero attached hydrogens (tertiary/aromatic N) is 2. The van der Waals surface area contributed by atoms with E-state index in [0.29, 0.717) is 11.3 Å². The number of nitrogens with one attached hydrogen (secondary N) is 1. The molecule has 1 N–H and O–H groups in total. The molecular weight excluding hydrogens is 318 g/mol. The molecule has 2 rings (SSSR count). The van der Waals surface area contributed by atoms with E-state index in [4.69, 9.17) is 0 Å². The van der Waals surface area contributed by atoms with Crippen LogP contribution in [-0.4, -0.2) is 25.0 Å². The average Bonchev–Trinajstić information content (AvgIpc) is 2.41. The molecule has 1 aromatic carbocycles. The third kappa shape index (κ3) is 3.17. The van der Waals surface area contributed by atoms with E-state index in [2.05, 4.69) is 26.2 Å². The summed E-state index contributed by atoms with van der Waals surface area (Å²) in [6, 6.07) is 9.29. The Balaban J connectivity index is 2.31. The molecule has 0 atom stereocenters. The summed E-state index contributed by atoms with van der Waals surface area (Å²) in [5, 5.41) is 2.91. The average molecular weight is 334 g/mol. The van der Waals surface area contributed by atoms with E-state index in [1.165, 1.54) is 0 Å². The second kappa shape index (κ2) is 6.05. The fourth-order valence-electron chi connectivity index (χ4n) is 1.88. The van der Waals surface area contributed by atoms with Crippen molar-refractivity contribution in [1.29, 1.82) is 0 Å². The van der Waals surface area contributed by atoms with Gasteiger partial charge in [-0.15, -0.1) is 0 Å². The van der Waals surface area contributed by atoms with Gasteiger partial charge in [-0.1, -0.05) is 22.0 Å². The number of anilines is 2. The third-order valence-corrected chi connectivity index (χ3v) is 3.40. The number of aryl methyl sites for hydroxylation is 1. The summed E-state index contributed by atoms with van der Waals surface area (Å²) in [6.07, 6.45) is 1.70. The van der Waals surface area contributed by atoms with Gasteiger partial charge in [0.15, 0.2) is 5.82 Å². The van der Waals surface area contributed by atoms with Gasteiger partial charge in [0.05, 0.1) is 5.69 Å². The van der Waals surface area contributed by atoms with E-state index in [0.717, 1.165) is 15.9 Å². The number of hydrogen-bond acceptors (Lipinski definition) is 3. The molecule has 0 aliphatic heterocycles. The first-order valence-electron chi connectivity index (χ1n) is 6.19. The minimum Gasteiger partial charge on any atom is -0.361 e. The van der Waals surface area contributed by atoms with Gasteiger partial charge in [-0.3, -0.25) is 4.79 Å². The van der Waals surface area contributed by atoms with Crippen LogP contribution in [0.3, 0.4) is 0 Å². The Kier molecular flexibility index (Phi) is 4.39. The maximum absolute atomic E-state index is 12.4. The summed E-state index contributed by atoms with van der Waals surface area (Å²) in [5.74, 6) is 0.591. The lowest BCUT2D eigenvalue weighted by molar-refractivity contribution is 0.102. The highest BCUT2D eigenvalue weighted by Gasteiger charge is 2.13. The van der Waals surface area contributed by atoms with Gasteiger partial charge in [0.1, 0.15) is 0 Å².